The van der Waals surface area contributed by atoms with Gasteiger partial charge in [0, 0.05) is 22.7 Å². The zero-order valence-electron chi connectivity index (χ0n) is 16.9. The highest BCUT2D eigenvalue weighted by Crippen LogP contribution is 2.36. The second-order valence-corrected chi connectivity index (χ2v) is 7.68. The summed E-state index contributed by atoms with van der Waals surface area (Å²) in [6.07, 6.45) is 11.6. The zero-order valence-corrected chi connectivity index (χ0v) is 16.9. The third kappa shape index (κ3) is 4.36. The minimum atomic E-state index is 0.444. The molecule has 3 heteroatoms. The Hall–Kier alpha value is -2.26. The Morgan fingerprint density at radius 1 is 1.30 bits per heavy atom. The lowest BCUT2D eigenvalue weighted by atomic mass is 9.88. The minimum Gasteiger partial charge on any atom is -0.368 e. The summed E-state index contributed by atoms with van der Waals surface area (Å²) >= 11 is 0. The molecule has 3 N–H and O–H groups in total. The largest absolute Gasteiger partial charge is 0.368 e. The van der Waals surface area contributed by atoms with E-state index in [1.807, 2.05) is 6.20 Å². The van der Waals surface area contributed by atoms with Gasteiger partial charge in [-0.25, -0.2) is 0 Å². The Balaban J connectivity index is 2.10. The van der Waals surface area contributed by atoms with Gasteiger partial charge >= 0.3 is 0 Å². The third-order valence-electron chi connectivity index (χ3n) is 5.43. The van der Waals surface area contributed by atoms with Gasteiger partial charge in [-0.05, 0) is 73.6 Å². The van der Waals surface area contributed by atoms with E-state index in [1.165, 1.54) is 46.1 Å². The molecule has 3 nitrogen and oxygen atoms in total. The topological polar surface area (TPSA) is 39.9 Å². The van der Waals surface area contributed by atoms with Crippen LogP contribution in [0.2, 0.25) is 0 Å². The predicted octanol–water partition coefficient (Wildman–Crippen LogP) is 5.80. The maximum absolute atomic E-state index is 3.78. The number of allylic oxidation sites excluding steroid dienone is 3. The smallest absolute Gasteiger partial charge is 0.0514 e. The van der Waals surface area contributed by atoms with Crippen LogP contribution < -0.4 is 10.6 Å². The summed E-state index contributed by atoms with van der Waals surface area (Å²) in [7, 11) is 0. The third-order valence-corrected chi connectivity index (χ3v) is 5.43. The van der Waals surface area contributed by atoms with Crippen LogP contribution in [0.5, 0.6) is 0 Å². The van der Waals surface area contributed by atoms with Crippen LogP contribution in [0, 0.1) is 0 Å². The molecule has 27 heavy (non-hydrogen) atoms. The number of rotatable bonds is 7. The van der Waals surface area contributed by atoms with Crippen molar-refractivity contribution in [3.63, 3.8) is 0 Å². The van der Waals surface area contributed by atoms with Crippen molar-refractivity contribution in [2.24, 2.45) is 0 Å². The van der Waals surface area contributed by atoms with E-state index in [2.05, 4.69) is 73.3 Å². The average molecular weight is 364 g/mol. The zero-order chi connectivity index (χ0) is 19.2. The number of nitrogens with one attached hydrogen (secondary N) is 3. The van der Waals surface area contributed by atoms with Crippen LogP contribution in [-0.4, -0.2) is 18.1 Å². The highest BCUT2D eigenvalue weighted by Gasteiger charge is 2.20. The quantitative estimate of drug-likeness (QED) is 0.544. The Morgan fingerprint density at radius 2 is 2.07 bits per heavy atom. The molecule has 1 aromatic heterocycles. The number of aromatic amines is 1. The second-order valence-electron chi connectivity index (χ2n) is 7.68. The van der Waals surface area contributed by atoms with Crippen molar-refractivity contribution in [2.75, 3.05) is 13.1 Å². The molecule has 0 atom stereocenters. The maximum atomic E-state index is 3.78. The van der Waals surface area contributed by atoms with Gasteiger partial charge in [0.2, 0.25) is 0 Å². The van der Waals surface area contributed by atoms with E-state index in [9.17, 15) is 0 Å². The molecule has 2 aromatic rings. The van der Waals surface area contributed by atoms with Gasteiger partial charge in [0.05, 0.1) is 5.69 Å². The molecule has 3 rings (SSSR count). The molecule has 144 valence electrons. The number of hydrogen-bond acceptors (Lipinski definition) is 2. The lowest BCUT2D eigenvalue weighted by molar-refractivity contribution is 0.460. The minimum absolute atomic E-state index is 0.444. The summed E-state index contributed by atoms with van der Waals surface area (Å²) in [5.74, 6) is 1.12. The van der Waals surface area contributed by atoms with E-state index in [1.54, 1.807) is 6.20 Å². The summed E-state index contributed by atoms with van der Waals surface area (Å²) in [6.45, 7) is 12.8. The fraction of sp³-hybridized carbons (Fsp3) is 0.417. The fourth-order valence-electron chi connectivity index (χ4n) is 4.06. The Kier molecular flexibility index (Phi) is 6.57. The van der Waals surface area contributed by atoms with E-state index in [-0.39, 0.29) is 0 Å². The van der Waals surface area contributed by atoms with Gasteiger partial charge in [-0.15, -0.1) is 0 Å². The van der Waals surface area contributed by atoms with Gasteiger partial charge in [-0.2, -0.15) is 0 Å². The number of benzene rings is 1. The Labute approximate surface area is 163 Å². The van der Waals surface area contributed by atoms with Crippen LogP contribution in [-0.2, 0) is 0 Å². The standard InChI is InChI=1S/C24H33N3/c1-5-7-8-20(16-25-6-2)24-23(17(3)4)21-15-19(9-10-22(21)27-24)18-11-13-26-14-12-18/h6-10,15-18,25-27H,2,5,11-14H2,1,3-4H3/b8-7-,20-16+. The summed E-state index contributed by atoms with van der Waals surface area (Å²) in [4.78, 5) is 3.69. The molecule has 0 amide bonds. The van der Waals surface area contributed by atoms with E-state index >= 15 is 0 Å². The van der Waals surface area contributed by atoms with Crippen molar-refractivity contribution in [3.05, 3.63) is 66.2 Å². The Bertz CT molecular complexity index is 833. The molecule has 0 radical (unpaired) electrons. The molecule has 0 spiro atoms. The molecule has 0 unspecified atom stereocenters. The van der Waals surface area contributed by atoms with Crippen molar-refractivity contribution < 1.29 is 0 Å². The highest BCUT2D eigenvalue weighted by atomic mass is 14.9. The molecule has 1 saturated heterocycles. The number of piperidine rings is 1. The van der Waals surface area contributed by atoms with E-state index in [0.717, 1.165) is 19.5 Å². The van der Waals surface area contributed by atoms with Crippen LogP contribution in [0.1, 0.15) is 68.7 Å². The first kappa shape index (κ1) is 19.5. The molecule has 1 aliphatic rings. The number of fused-ring (bicyclic) bond motifs is 1. The second kappa shape index (κ2) is 9.09. The summed E-state index contributed by atoms with van der Waals surface area (Å²) in [6, 6.07) is 7.02. The molecule has 1 aromatic carbocycles. The summed E-state index contributed by atoms with van der Waals surface area (Å²) in [5, 5.41) is 7.99. The number of H-pyrrole nitrogens is 1. The van der Waals surface area contributed by atoms with Crippen molar-refractivity contribution in [2.45, 2.75) is 51.9 Å². The van der Waals surface area contributed by atoms with Crippen LogP contribution in [0.15, 0.2) is 49.3 Å². The average Bonchev–Trinajstić information content (AvgIpc) is 3.07. The normalized spacial score (nSPS) is 16.5. The van der Waals surface area contributed by atoms with Crippen molar-refractivity contribution in [1.29, 1.82) is 0 Å². The molecular weight excluding hydrogens is 330 g/mol. The lowest BCUT2D eigenvalue weighted by Crippen LogP contribution is -2.26. The molecule has 0 bridgehead atoms. The first-order valence-electron chi connectivity index (χ1n) is 10.3. The van der Waals surface area contributed by atoms with E-state index in [0.29, 0.717) is 11.8 Å². The van der Waals surface area contributed by atoms with Gasteiger partial charge in [0.25, 0.3) is 0 Å². The van der Waals surface area contributed by atoms with E-state index < -0.39 is 0 Å². The molecule has 0 saturated carbocycles. The van der Waals surface area contributed by atoms with E-state index in [4.69, 9.17) is 0 Å². The predicted molar refractivity (Wildman–Crippen MR) is 118 cm³/mol. The fourth-order valence-corrected chi connectivity index (χ4v) is 4.06. The number of aromatic nitrogens is 1. The monoisotopic (exact) mass is 363 g/mol. The van der Waals surface area contributed by atoms with Gasteiger partial charge in [-0.3, -0.25) is 0 Å². The van der Waals surface area contributed by atoms with Gasteiger partial charge in [0.1, 0.15) is 0 Å². The van der Waals surface area contributed by atoms with Crippen LogP contribution >= 0.6 is 0 Å². The van der Waals surface area contributed by atoms with Gasteiger partial charge < -0.3 is 15.6 Å². The van der Waals surface area contributed by atoms with Crippen LogP contribution in [0.3, 0.4) is 0 Å². The first-order valence-corrected chi connectivity index (χ1v) is 10.3. The summed E-state index contributed by atoms with van der Waals surface area (Å²) < 4.78 is 0. The highest BCUT2D eigenvalue weighted by molar-refractivity contribution is 5.92. The molecular formula is C24H33N3. The molecule has 0 aliphatic carbocycles. The first-order chi connectivity index (χ1) is 13.2. The van der Waals surface area contributed by atoms with Crippen molar-refractivity contribution in [1.82, 2.24) is 15.6 Å². The van der Waals surface area contributed by atoms with Crippen LogP contribution in [0.25, 0.3) is 16.5 Å². The van der Waals surface area contributed by atoms with Crippen molar-refractivity contribution in [3.8, 4) is 0 Å². The van der Waals surface area contributed by atoms with Gasteiger partial charge in [0.15, 0.2) is 0 Å². The maximum Gasteiger partial charge on any atom is 0.0514 e. The van der Waals surface area contributed by atoms with Crippen LogP contribution in [0.4, 0.5) is 0 Å². The van der Waals surface area contributed by atoms with Gasteiger partial charge in [-0.1, -0.05) is 45.6 Å². The molecule has 2 heterocycles. The lowest BCUT2D eigenvalue weighted by Gasteiger charge is -2.23. The summed E-state index contributed by atoms with van der Waals surface area (Å²) in [5.41, 5.74) is 6.48. The molecule has 1 aliphatic heterocycles. The number of hydrogen-bond donors (Lipinski definition) is 3. The molecule has 1 fully saturated rings. The van der Waals surface area contributed by atoms with Crippen molar-refractivity contribution >= 4 is 16.5 Å². The SMILES string of the molecule is C=CN/C=C(\C=C/CC)c1[nH]c2ccc(C3CCNCC3)cc2c1C(C)C. The Morgan fingerprint density at radius 3 is 2.74 bits per heavy atom.